The van der Waals surface area contributed by atoms with Gasteiger partial charge in [-0.2, -0.15) is 0 Å². The zero-order valence-electron chi connectivity index (χ0n) is 15.3. The Morgan fingerprint density at radius 1 is 1.19 bits per heavy atom. The average Bonchev–Trinajstić information content (AvgIpc) is 2.68. The molecule has 1 amide bonds. The molecule has 1 N–H and O–H groups in total. The molecule has 138 valence electrons. The maximum absolute atomic E-state index is 12.1. The molecule has 1 saturated heterocycles. The Balaban J connectivity index is 1.48. The highest BCUT2D eigenvalue weighted by atomic mass is 16.5. The van der Waals surface area contributed by atoms with Crippen LogP contribution in [0.25, 0.3) is 0 Å². The molecule has 0 aliphatic carbocycles. The lowest BCUT2D eigenvalue weighted by molar-refractivity contribution is -0.118. The van der Waals surface area contributed by atoms with Gasteiger partial charge in [0.05, 0.1) is 25.1 Å². The van der Waals surface area contributed by atoms with Gasteiger partial charge in [-0.3, -0.25) is 4.79 Å². The fourth-order valence-electron chi connectivity index (χ4n) is 2.73. The summed E-state index contributed by atoms with van der Waals surface area (Å²) in [6, 6.07) is 11.6. The number of rotatable bonds is 6. The van der Waals surface area contributed by atoms with Gasteiger partial charge in [0.25, 0.3) is 5.91 Å². The molecule has 1 aromatic heterocycles. The van der Waals surface area contributed by atoms with E-state index < -0.39 is 0 Å². The molecule has 3 rings (SSSR count). The third-order valence-electron chi connectivity index (χ3n) is 4.28. The van der Waals surface area contributed by atoms with E-state index in [9.17, 15) is 4.79 Å². The number of carbonyl (C=O) groups excluding carboxylic acids is 1. The smallest absolute Gasteiger partial charge is 0.262 e. The summed E-state index contributed by atoms with van der Waals surface area (Å²) >= 11 is 0. The zero-order chi connectivity index (χ0) is 18.4. The summed E-state index contributed by atoms with van der Waals surface area (Å²) in [5.74, 6) is 1.84. The Hall–Kier alpha value is -2.60. The van der Waals surface area contributed by atoms with Gasteiger partial charge in [0.2, 0.25) is 0 Å². The van der Waals surface area contributed by atoms with Crippen LogP contribution in [0.15, 0.2) is 42.6 Å². The molecule has 6 nitrogen and oxygen atoms in total. The van der Waals surface area contributed by atoms with Gasteiger partial charge in [-0.25, -0.2) is 4.98 Å². The Labute approximate surface area is 154 Å². The standard InChI is InChI=1S/C20H25N3O3/c1-15(2)16-3-6-18(7-4-16)26-14-20(24)22-17-5-8-19(21-13-17)23-9-11-25-12-10-23/h3-8,13,15H,9-12,14H2,1-2H3,(H,22,24). The van der Waals surface area contributed by atoms with Crippen molar-refractivity contribution in [2.75, 3.05) is 43.1 Å². The summed E-state index contributed by atoms with van der Waals surface area (Å²) in [5, 5.41) is 2.80. The average molecular weight is 355 g/mol. The van der Waals surface area contributed by atoms with Crippen molar-refractivity contribution in [3.8, 4) is 5.75 Å². The van der Waals surface area contributed by atoms with Crippen LogP contribution in [0.5, 0.6) is 5.75 Å². The second-order valence-corrected chi connectivity index (χ2v) is 6.57. The van der Waals surface area contributed by atoms with Gasteiger partial charge in [0, 0.05) is 13.1 Å². The molecule has 0 spiro atoms. The number of aromatic nitrogens is 1. The molecule has 0 saturated carbocycles. The Morgan fingerprint density at radius 2 is 1.92 bits per heavy atom. The number of nitrogens with one attached hydrogen (secondary N) is 1. The first kappa shape index (κ1) is 18.2. The summed E-state index contributed by atoms with van der Waals surface area (Å²) < 4.78 is 10.9. The maximum Gasteiger partial charge on any atom is 0.262 e. The number of nitrogens with zero attached hydrogens (tertiary/aromatic N) is 2. The van der Waals surface area contributed by atoms with Gasteiger partial charge in [0.1, 0.15) is 11.6 Å². The normalized spacial score (nSPS) is 14.3. The largest absolute Gasteiger partial charge is 0.484 e. The third kappa shape index (κ3) is 4.95. The third-order valence-corrected chi connectivity index (χ3v) is 4.28. The molecule has 26 heavy (non-hydrogen) atoms. The molecular formula is C20H25N3O3. The Bertz CT molecular complexity index is 708. The van der Waals surface area contributed by atoms with Gasteiger partial charge >= 0.3 is 0 Å². The maximum atomic E-state index is 12.1. The fourth-order valence-corrected chi connectivity index (χ4v) is 2.73. The number of hydrogen-bond donors (Lipinski definition) is 1. The van der Waals surface area contributed by atoms with Crippen LogP contribution in [0, 0.1) is 0 Å². The van der Waals surface area contributed by atoms with E-state index in [1.807, 2.05) is 36.4 Å². The number of carbonyl (C=O) groups is 1. The van der Waals surface area contributed by atoms with Gasteiger partial charge < -0.3 is 19.7 Å². The second kappa shape index (κ2) is 8.67. The Kier molecular flexibility index (Phi) is 6.07. The minimum absolute atomic E-state index is 0.0355. The quantitative estimate of drug-likeness (QED) is 0.863. The molecular weight excluding hydrogens is 330 g/mol. The van der Waals surface area contributed by atoms with Crippen LogP contribution in [0.2, 0.25) is 0 Å². The van der Waals surface area contributed by atoms with Crippen LogP contribution in [-0.4, -0.2) is 43.8 Å². The molecule has 2 aromatic rings. The minimum Gasteiger partial charge on any atom is -0.484 e. The van der Waals surface area contributed by atoms with Gasteiger partial charge in [-0.1, -0.05) is 26.0 Å². The molecule has 0 atom stereocenters. The summed E-state index contributed by atoms with van der Waals surface area (Å²) in [6.45, 7) is 7.35. The van der Waals surface area contributed by atoms with E-state index in [0.29, 0.717) is 17.4 Å². The number of hydrogen-bond acceptors (Lipinski definition) is 5. The van der Waals surface area contributed by atoms with Crippen molar-refractivity contribution >= 4 is 17.4 Å². The van der Waals surface area contributed by atoms with Crippen molar-refractivity contribution in [3.05, 3.63) is 48.2 Å². The zero-order valence-corrected chi connectivity index (χ0v) is 15.3. The van der Waals surface area contributed by atoms with Gasteiger partial charge in [-0.15, -0.1) is 0 Å². The number of benzene rings is 1. The molecule has 0 bridgehead atoms. The molecule has 1 aliphatic rings. The van der Waals surface area contributed by atoms with Crippen LogP contribution in [0.4, 0.5) is 11.5 Å². The van der Waals surface area contributed by atoms with Crippen LogP contribution in [0.1, 0.15) is 25.3 Å². The first-order chi connectivity index (χ1) is 12.6. The first-order valence-electron chi connectivity index (χ1n) is 8.93. The van der Waals surface area contributed by atoms with E-state index >= 15 is 0 Å². The molecule has 1 aliphatic heterocycles. The van der Waals surface area contributed by atoms with Crippen molar-refractivity contribution in [2.24, 2.45) is 0 Å². The SMILES string of the molecule is CC(C)c1ccc(OCC(=O)Nc2ccc(N3CCOCC3)nc2)cc1. The van der Waals surface area contributed by atoms with E-state index in [2.05, 4.69) is 29.0 Å². The van der Waals surface area contributed by atoms with E-state index in [-0.39, 0.29) is 12.5 Å². The molecule has 1 aromatic carbocycles. The lowest BCUT2D eigenvalue weighted by Gasteiger charge is -2.27. The van der Waals surface area contributed by atoms with Gasteiger partial charge in [0.15, 0.2) is 6.61 Å². The number of ether oxygens (including phenoxy) is 2. The molecule has 0 unspecified atom stereocenters. The second-order valence-electron chi connectivity index (χ2n) is 6.57. The van der Waals surface area contributed by atoms with E-state index in [4.69, 9.17) is 9.47 Å². The minimum atomic E-state index is -0.209. The predicted octanol–water partition coefficient (Wildman–Crippen LogP) is 3.06. The monoisotopic (exact) mass is 355 g/mol. The summed E-state index contributed by atoms with van der Waals surface area (Å²) in [7, 11) is 0. The van der Waals surface area contributed by atoms with Crippen LogP contribution < -0.4 is 15.0 Å². The molecule has 6 heteroatoms. The first-order valence-corrected chi connectivity index (χ1v) is 8.93. The van der Waals surface area contributed by atoms with Crippen LogP contribution in [-0.2, 0) is 9.53 Å². The highest BCUT2D eigenvalue weighted by Crippen LogP contribution is 2.19. The van der Waals surface area contributed by atoms with Crippen LogP contribution >= 0.6 is 0 Å². The summed E-state index contributed by atoms with van der Waals surface area (Å²) in [4.78, 5) is 18.6. The summed E-state index contributed by atoms with van der Waals surface area (Å²) in [5.41, 5.74) is 1.90. The van der Waals surface area contributed by atoms with E-state index in [1.54, 1.807) is 6.20 Å². The molecule has 1 fully saturated rings. The molecule has 0 radical (unpaired) electrons. The van der Waals surface area contributed by atoms with Crippen molar-refractivity contribution in [1.82, 2.24) is 4.98 Å². The van der Waals surface area contributed by atoms with Gasteiger partial charge in [-0.05, 0) is 35.7 Å². The summed E-state index contributed by atoms with van der Waals surface area (Å²) in [6.07, 6.45) is 1.67. The lowest BCUT2D eigenvalue weighted by Crippen LogP contribution is -2.36. The predicted molar refractivity (Wildman–Crippen MR) is 102 cm³/mol. The number of pyridine rings is 1. The van der Waals surface area contributed by atoms with Crippen molar-refractivity contribution in [2.45, 2.75) is 19.8 Å². The van der Waals surface area contributed by atoms with Crippen molar-refractivity contribution in [3.63, 3.8) is 0 Å². The van der Waals surface area contributed by atoms with Crippen molar-refractivity contribution in [1.29, 1.82) is 0 Å². The van der Waals surface area contributed by atoms with E-state index in [1.165, 1.54) is 5.56 Å². The number of morpholine rings is 1. The van der Waals surface area contributed by atoms with E-state index in [0.717, 1.165) is 32.1 Å². The Morgan fingerprint density at radius 3 is 2.54 bits per heavy atom. The van der Waals surface area contributed by atoms with Crippen molar-refractivity contribution < 1.29 is 14.3 Å². The number of anilines is 2. The highest BCUT2D eigenvalue weighted by molar-refractivity contribution is 5.91. The molecule has 2 heterocycles. The highest BCUT2D eigenvalue weighted by Gasteiger charge is 2.12. The topological polar surface area (TPSA) is 63.7 Å². The lowest BCUT2D eigenvalue weighted by atomic mass is 10.0. The number of amides is 1. The van der Waals surface area contributed by atoms with Crippen LogP contribution in [0.3, 0.4) is 0 Å². The fraction of sp³-hybridized carbons (Fsp3) is 0.400.